The van der Waals surface area contributed by atoms with Gasteiger partial charge < -0.3 is 19.2 Å². The summed E-state index contributed by atoms with van der Waals surface area (Å²) in [7, 11) is 1.51. The highest BCUT2D eigenvalue weighted by molar-refractivity contribution is 7.25. The summed E-state index contributed by atoms with van der Waals surface area (Å²) < 4.78 is 17.1. The summed E-state index contributed by atoms with van der Waals surface area (Å²) in [5, 5.41) is 1.52. The number of aryl methyl sites for hydroxylation is 1. The molecule has 4 aromatic rings. The van der Waals surface area contributed by atoms with Crippen molar-refractivity contribution in [2.75, 3.05) is 20.3 Å². The van der Waals surface area contributed by atoms with Crippen molar-refractivity contribution in [1.82, 2.24) is 9.97 Å². The average molecular weight is 453 g/mol. The number of unbranched alkanes of at least 4 members (excludes halogenated alkanes) is 1. The van der Waals surface area contributed by atoms with Gasteiger partial charge in [-0.2, -0.15) is 0 Å². The Balaban J connectivity index is 1.61. The number of ether oxygens (including phenoxy) is 3. The zero-order valence-electron chi connectivity index (χ0n) is 18.2. The van der Waals surface area contributed by atoms with Crippen molar-refractivity contribution >= 4 is 37.6 Å². The fraction of sp³-hybridized carbons (Fsp3) is 0.292. The number of rotatable bonds is 8. The Bertz CT molecular complexity index is 1340. The normalized spacial score (nSPS) is 11.1. The van der Waals surface area contributed by atoms with E-state index < -0.39 is 5.97 Å². The lowest BCUT2D eigenvalue weighted by Crippen LogP contribution is -2.15. The summed E-state index contributed by atoms with van der Waals surface area (Å²) in [4.78, 5) is 32.9. The number of nitrogens with zero attached hydrogens (tertiary/aromatic N) is 1. The molecule has 4 rings (SSSR count). The molecule has 0 saturated heterocycles. The van der Waals surface area contributed by atoms with Crippen LogP contribution >= 0.6 is 11.3 Å². The number of carbonyl (C=O) groups is 1. The molecule has 32 heavy (non-hydrogen) atoms. The van der Waals surface area contributed by atoms with Crippen molar-refractivity contribution in [2.24, 2.45) is 0 Å². The van der Waals surface area contributed by atoms with Crippen LogP contribution in [0.15, 0.2) is 41.2 Å². The molecule has 0 aliphatic rings. The molecular formula is C24H24N2O5S. The van der Waals surface area contributed by atoms with Gasteiger partial charge in [-0.05, 0) is 43.7 Å². The molecule has 0 radical (unpaired) electrons. The Morgan fingerprint density at radius 2 is 2.00 bits per heavy atom. The SMILES string of the molecule is CCCCOC(=O)COc1ccc(-c2nc3sc4ccc(C)cc4c3c(=O)[nH]2)cc1OC. The van der Waals surface area contributed by atoms with E-state index in [0.717, 1.165) is 28.5 Å². The highest BCUT2D eigenvalue weighted by Gasteiger charge is 2.15. The van der Waals surface area contributed by atoms with Crippen LogP contribution in [0.1, 0.15) is 25.3 Å². The van der Waals surface area contributed by atoms with E-state index in [-0.39, 0.29) is 12.2 Å². The molecule has 0 amide bonds. The summed E-state index contributed by atoms with van der Waals surface area (Å²) >= 11 is 1.49. The van der Waals surface area contributed by atoms with Gasteiger partial charge in [-0.15, -0.1) is 11.3 Å². The van der Waals surface area contributed by atoms with Crippen LogP contribution in [0.3, 0.4) is 0 Å². The minimum absolute atomic E-state index is 0.184. The maximum Gasteiger partial charge on any atom is 0.344 e. The number of carbonyl (C=O) groups excluding carboxylic acids is 1. The van der Waals surface area contributed by atoms with Crippen molar-refractivity contribution in [3.05, 3.63) is 52.3 Å². The minimum Gasteiger partial charge on any atom is -0.493 e. The van der Waals surface area contributed by atoms with Crippen molar-refractivity contribution in [3.63, 3.8) is 0 Å². The number of fused-ring (bicyclic) bond motifs is 3. The van der Waals surface area contributed by atoms with Gasteiger partial charge >= 0.3 is 5.97 Å². The first-order valence-electron chi connectivity index (χ1n) is 10.4. The van der Waals surface area contributed by atoms with Crippen molar-refractivity contribution in [2.45, 2.75) is 26.7 Å². The average Bonchev–Trinajstić information content (AvgIpc) is 3.15. The van der Waals surface area contributed by atoms with E-state index >= 15 is 0 Å². The third-order valence-electron chi connectivity index (χ3n) is 5.04. The molecule has 0 fully saturated rings. The molecule has 166 valence electrons. The van der Waals surface area contributed by atoms with E-state index in [1.165, 1.54) is 18.4 Å². The predicted molar refractivity (Wildman–Crippen MR) is 126 cm³/mol. The molecule has 0 atom stereocenters. The van der Waals surface area contributed by atoms with Crippen LogP contribution in [0, 0.1) is 6.92 Å². The van der Waals surface area contributed by atoms with E-state index in [1.54, 1.807) is 18.2 Å². The van der Waals surface area contributed by atoms with E-state index in [4.69, 9.17) is 14.2 Å². The molecule has 2 heterocycles. The second-order valence-corrected chi connectivity index (χ2v) is 8.46. The molecule has 0 unspecified atom stereocenters. The number of hydrogen-bond acceptors (Lipinski definition) is 7. The molecule has 0 bridgehead atoms. The summed E-state index contributed by atoms with van der Waals surface area (Å²) in [6.45, 7) is 4.20. The minimum atomic E-state index is -0.430. The first-order chi connectivity index (χ1) is 15.5. The van der Waals surface area contributed by atoms with Gasteiger partial charge in [0.2, 0.25) is 0 Å². The molecule has 0 aliphatic heterocycles. The maximum absolute atomic E-state index is 12.9. The zero-order chi connectivity index (χ0) is 22.7. The Kier molecular flexibility index (Phi) is 6.41. The second kappa shape index (κ2) is 9.40. The topological polar surface area (TPSA) is 90.5 Å². The van der Waals surface area contributed by atoms with Crippen LogP contribution < -0.4 is 15.0 Å². The van der Waals surface area contributed by atoms with Crippen LogP contribution in [-0.2, 0) is 9.53 Å². The van der Waals surface area contributed by atoms with Crippen LogP contribution in [0.4, 0.5) is 0 Å². The van der Waals surface area contributed by atoms with Gasteiger partial charge in [0.25, 0.3) is 5.56 Å². The Hall–Kier alpha value is -3.39. The predicted octanol–water partition coefficient (Wildman–Crippen LogP) is 4.84. The van der Waals surface area contributed by atoms with Crippen molar-refractivity contribution in [3.8, 4) is 22.9 Å². The van der Waals surface area contributed by atoms with Crippen LogP contribution in [0.25, 0.3) is 31.7 Å². The number of thiophene rings is 1. The highest BCUT2D eigenvalue weighted by atomic mass is 32.1. The van der Waals surface area contributed by atoms with Crippen LogP contribution in [0.5, 0.6) is 11.5 Å². The fourth-order valence-corrected chi connectivity index (χ4v) is 4.43. The largest absolute Gasteiger partial charge is 0.493 e. The van der Waals surface area contributed by atoms with Crippen LogP contribution in [0.2, 0.25) is 0 Å². The van der Waals surface area contributed by atoms with E-state index in [9.17, 15) is 9.59 Å². The monoisotopic (exact) mass is 452 g/mol. The maximum atomic E-state index is 12.9. The third kappa shape index (κ3) is 4.45. The molecule has 2 aromatic carbocycles. The number of H-pyrrole nitrogens is 1. The number of esters is 1. The quantitative estimate of drug-likeness (QED) is 0.304. The summed E-state index contributed by atoms with van der Waals surface area (Å²) in [5.74, 6) is 0.846. The first kappa shape index (κ1) is 21.8. The van der Waals surface area contributed by atoms with Gasteiger partial charge in [0.15, 0.2) is 18.1 Å². The van der Waals surface area contributed by atoms with Crippen molar-refractivity contribution in [1.29, 1.82) is 0 Å². The smallest absolute Gasteiger partial charge is 0.344 e. The second-order valence-electron chi connectivity index (χ2n) is 7.42. The number of hydrogen-bond donors (Lipinski definition) is 1. The van der Waals surface area contributed by atoms with Crippen LogP contribution in [-0.4, -0.2) is 36.3 Å². The molecule has 7 nitrogen and oxygen atoms in total. The number of benzene rings is 2. The standard InChI is InChI=1S/C24H24N2O5S/c1-4-5-10-30-20(27)13-31-17-8-7-15(12-18(17)29-3)22-25-23(28)21-16-11-14(2)6-9-19(16)32-24(21)26-22/h6-9,11-12H,4-5,10,13H2,1-3H3,(H,25,26,28). The molecule has 2 aromatic heterocycles. The lowest BCUT2D eigenvalue weighted by atomic mass is 10.1. The van der Waals surface area contributed by atoms with Gasteiger partial charge in [-0.1, -0.05) is 25.0 Å². The molecular weight excluding hydrogens is 428 g/mol. The number of nitrogens with one attached hydrogen (secondary N) is 1. The van der Waals surface area contributed by atoms with Gasteiger partial charge in [-0.3, -0.25) is 4.79 Å². The fourth-order valence-electron chi connectivity index (χ4n) is 3.38. The van der Waals surface area contributed by atoms with Gasteiger partial charge in [0, 0.05) is 15.6 Å². The molecule has 8 heteroatoms. The molecule has 0 aliphatic carbocycles. The van der Waals surface area contributed by atoms with E-state index in [2.05, 4.69) is 9.97 Å². The van der Waals surface area contributed by atoms with Crippen molar-refractivity contribution < 1.29 is 19.0 Å². The molecule has 0 saturated carbocycles. The van der Waals surface area contributed by atoms with E-state index in [0.29, 0.717) is 39.7 Å². The molecule has 0 spiro atoms. The number of aromatic nitrogens is 2. The number of aromatic amines is 1. The lowest BCUT2D eigenvalue weighted by Gasteiger charge is -2.12. The molecule has 1 N–H and O–H groups in total. The Morgan fingerprint density at radius 1 is 1.16 bits per heavy atom. The zero-order valence-corrected chi connectivity index (χ0v) is 19.0. The Morgan fingerprint density at radius 3 is 2.78 bits per heavy atom. The van der Waals surface area contributed by atoms with Gasteiger partial charge in [0.05, 0.1) is 19.1 Å². The third-order valence-corrected chi connectivity index (χ3v) is 6.11. The lowest BCUT2D eigenvalue weighted by molar-refractivity contribution is -0.146. The highest BCUT2D eigenvalue weighted by Crippen LogP contribution is 2.34. The Labute approximate surface area is 189 Å². The van der Waals surface area contributed by atoms with E-state index in [1.807, 2.05) is 32.0 Å². The summed E-state index contributed by atoms with van der Waals surface area (Å²) in [5.41, 5.74) is 1.58. The number of methoxy groups -OCH3 is 1. The first-order valence-corrected chi connectivity index (χ1v) is 11.2. The van der Waals surface area contributed by atoms with Gasteiger partial charge in [-0.25, -0.2) is 9.78 Å². The summed E-state index contributed by atoms with van der Waals surface area (Å²) in [6.07, 6.45) is 1.77. The van der Waals surface area contributed by atoms with Gasteiger partial charge in [0.1, 0.15) is 10.7 Å². The summed E-state index contributed by atoms with van der Waals surface area (Å²) in [6, 6.07) is 11.2.